The van der Waals surface area contributed by atoms with Crippen LogP contribution in [0.15, 0.2) is 23.4 Å². The average Bonchev–Trinajstić information content (AvgIpc) is 2.31. The summed E-state index contributed by atoms with van der Waals surface area (Å²) in [6.07, 6.45) is 4.20. The largest absolute Gasteiger partial charge is 0.423 e. The van der Waals surface area contributed by atoms with Crippen molar-refractivity contribution >= 4 is 22.0 Å². The number of carbonyl (C=O) groups is 2. The van der Waals surface area contributed by atoms with Gasteiger partial charge in [0.2, 0.25) is 0 Å². The van der Waals surface area contributed by atoms with Gasteiger partial charge in [-0.15, -0.1) is 0 Å². The van der Waals surface area contributed by atoms with E-state index in [0.717, 1.165) is 0 Å². The zero-order valence-corrected chi connectivity index (χ0v) is 9.37. The molecule has 1 spiro atoms. The van der Waals surface area contributed by atoms with Gasteiger partial charge in [-0.1, -0.05) is 0 Å². The van der Waals surface area contributed by atoms with Crippen LogP contribution in [-0.4, -0.2) is 33.4 Å². The maximum Gasteiger partial charge on any atom is 0.341 e. The first-order valence-corrected chi connectivity index (χ1v) is 4.96. The average molecular weight is 221 g/mol. The Balaban J connectivity index is 2.37. The van der Waals surface area contributed by atoms with Gasteiger partial charge in [-0.2, -0.15) is 0 Å². The molecule has 0 amide bonds. The molecule has 1 atom stereocenters. The van der Waals surface area contributed by atoms with E-state index in [9.17, 15) is 9.59 Å². The van der Waals surface area contributed by atoms with E-state index in [1.807, 2.05) is 0 Å². The van der Waals surface area contributed by atoms with Crippen LogP contribution in [-0.2, 0) is 19.1 Å². The third kappa shape index (κ3) is 1.57. The second kappa shape index (κ2) is 2.90. The molecule has 0 bridgehead atoms. The summed E-state index contributed by atoms with van der Waals surface area (Å²) < 4.78 is 10.6. The van der Waals surface area contributed by atoms with Crippen molar-refractivity contribution in [3.63, 3.8) is 0 Å². The number of hydrogen-bond donors (Lipinski definition) is 0. The fourth-order valence-corrected chi connectivity index (χ4v) is 1.74. The molecule has 5 heteroatoms. The molecule has 4 nitrogen and oxygen atoms in total. The minimum Gasteiger partial charge on any atom is -0.423 e. The zero-order chi connectivity index (χ0) is 11.3. The minimum atomic E-state index is -1.23. The summed E-state index contributed by atoms with van der Waals surface area (Å²) in [5.74, 6) is -1.86. The van der Waals surface area contributed by atoms with Crippen molar-refractivity contribution in [2.24, 2.45) is 0 Å². The Hall–Kier alpha value is -1.20. The van der Waals surface area contributed by atoms with Crippen molar-refractivity contribution < 1.29 is 19.1 Å². The van der Waals surface area contributed by atoms with Crippen LogP contribution in [0.5, 0.6) is 0 Å². The molecule has 1 fully saturated rings. The van der Waals surface area contributed by atoms with E-state index in [1.165, 1.54) is 18.2 Å². The summed E-state index contributed by atoms with van der Waals surface area (Å²) in [7, 11) is 3.14. The Morgan fingerprint density at radius 2 is 2.00 bits per heavy atom. The molecule has 2 rings (SSSR count). The number of allylic oxidation sites excluding steroid dienone is 2. The van der Waals surface area contributed by atoms with Gasteiger partial charge in [0.25, 0.3) is 5.79 Å². The third-order valence-electron chi connectivity index (χ3n) is 2.24. The van der Waals surface area contributed by atoms with Crippen molar-refractivity contribution in [2.75, 3.05) is 0 Å². The van der Waals surface area contributed by atoms with Crippen LogP contribution in [0.25, 0.3) is 0 Å². The molecule has 3 radical (unpaired) electrons. The summed E-state index contributed by atoms with van der Waals surface area (Å²) in [6.45, 7) is 3.24. The van der Waals surface area contributed by atoms with Gasteiger partial charge in [0.05, 0.1) is 10.2 Å². The molecule has 0 aromatic heterocycles. The second-order valence-electron chi connectivity index (χ2n) is 3.98. The van der Waals surface area contributed by atoms with Crippen molar-refractivity contribution in [1.29, 1.82) is 0 Å². The zero-order valence-electron chi connectivity index (χ0n) is 8.37. The molecule has 0 saturated carbocycles. The summed E-state index contributed by atoms with van der Waals surface area (Å²) in [5, 5.41) is 0.322. The molecular formula is C10H9O4Si. The Morgan fingerprint density at radius 3 is 2.47 bits per heavy atom. The van der Waals surface area contributed by atoms with E-state index in [-0.39, 0.29) is 5.78 Å². The Bertz CT molecular complexity index is 408. The van der Waals surface area contributed by atoms with E-state index < -0.39 is 17.4 Å². The maximum absolute atomic E-state index is 11.4. The predicted molar refractivity (Wildman–Crippen MR) is 52.0 cm³/mol. The molecule has 0 N–H and O–H groups in total. The number of esters is 1. The molecule has 1 unspecified atom stereocenters. The molecule has 15 heavy (non-hydrogen) atoms. The van der Waals surface area contributed by atoms with Gasteiger partial charge in [-0.25, -0.2) is 4.79 Å². The van der Waals surface area contributed by atoms with Crippen molar-refractivity contribution in [3.05, 3.63) is 23.4 Å². The fourth-order valence-electron chi connectivity index (χ4n) is 1.46. The van der Waals surface area contributed by atoms with Crippen molar-refractivity contribution in [1.82, 2.24) is 0 Å². The Morgan fingerprint density at radius 1 is 1.33 bits per heavy atom. The van der Waals surface area contributed by atoms with Gasteiger partial charge in [-0.05, 0) is 37.3 Å². The smallest absolute Gasteiger partial charge is 0.341 e. The van der Waals surface area contributed by atoms with Crippen LogP contribution in [0.3, 0.4) is 0 Å². The topological polar surface area (TPSA) is 52.6 Å². The lowest BCUT2D eigenvalue weighted by molar-refractivity contribution is -0.148. The summed E-state index contributed by atoms with van der Waals surface area (Å²) in [6, 6.07) is 0. The third-order valence-corrected chi connectivity index (χ3v) is 2.63. The molecule has 0 aromatic rings. The van der Waals surface area contributed by atoms with E-state index >= 15 is 0 Å². The first-order chi connectivity index (χ1) is 6.85. The second-order valence-corrected chi connectivity index (χ2v) is 4.52. The highest BCUT2D eigenvalue weighted by Crippen LogP contribution is 2.36. The van der Waals surface area contributed by atoms with Crippen LogP contribution in [0, 0.1) is 0 Å². The predicted octanol–water partition coefficient (Wildman–Crippen LogP) is 0.226. The quantitative estimate of drug-likeness (QED) is 0.434. The van der Waals surface area contributed by atoms with Crippen LogP contribution >= 0.6 is 0 Å². The summed E-state index contributed by atoms with van der Waals surface area (Å²) >= 11 is 0. The molecule has 1 aliphatic heterocycles. The van der Waals surface area contributed by atoms with Gasteiger partial charge in [0, 0.05) is 0 Å². The summed E-state index contributed by atoms with van der Waals surface area (Å²) in [4.78, 5) is 22.6. The highest BCUT2D eigenvalue weighted by Gasteiger charge is 2.51. The fraction of sp³-hybridized carbons (Fsp3) is 0.400. The van der Waals surface area contributed by atoms with Crippen LogP contribution < -0.4 is 0 Å². The first kappa shape index (κ1) is 10.3. The lowest BCUT2D eigenvalue weighted by Crippen LogP contribution is -2.32. The van der Waals surface area contributed by atoms with Gasteiger partial charge < -0.3 is 9.47 Å². The molecule has 2 aliphatic rings. The Labute approximate surface area is 90.4 Å². The van der Waals surface area contributed by atoms with E-state index in [2.05, 4.69) is 10.2 Å². The number of hydrogen-bond acceptors (Lipinski definition) is 4. The monoisotopic (exact) mass is 221 g/mol. The highest BCUT2D eigenvalue weighted by molar-refractivity contribution is 6.39. The molecule has 1 saturated heterocycles. The number of ether oxygens (including phenoxy) is 2. The molecular weight excluding hydrogens is 212 g/mol. The van der Waals surface area contributed by atoms with Gasteiger partial charge in [-0.3, -0.25) is 4.79 Å². The highest BCUT2D eigenvalue weighted by atomic mass is 28.1. The Kier molecular flexibility index (Phi) is 1.99. The number of rotatable bonds is 0. The molecule has 0 aromatic carbocycles. The van der Waals surface area contributed by atoms with Crippen LogP contribution in [0.2, 0.25) is 0 Å². The van der Waals surface area contributed by atoms with Gasteiger partial charge in [0.15, 0.2) is 11.4 Å². The standard InChI is InChI=1S/C10H9O4Si/c1-9(2)8(12)13-10(14-9)4-3-6(11)7(15)5-10/h3-5H,1-2H3. The number of carbonyl (C=O) groups excluding carboxylic acids is 2. The normalized spacial score (nSPS) is 33.1. The lowest BCUT2D eigenvalue weighted by Gasteiger charge is -2.23. The SMILES string of the molecule is CC1(C)OC2(C=CC(=O)C([Si])=C2)OC1=O. The molecule has 1 aliphatic carbocycles. The van der Waals surface area contributed by atoms with E-state index in [0.29, 0.717) is 5.20 Å². The molecule has 77 valence electrons. The van der Waals surface area contributed by atoms with Gasteiger partial charge >= 0.3 is 5.97 Å². The summed E-state index contributed by atoms with van der Waals surface area (Å²) in [5.41, 5.74) is -0.992. The van der Waals surface area contributed by atoms with Crippen molar-refractivity contribution in [3.8, 4) is 0 Å². The van der Waals surface area contributed by atoms with Crippen LogP contribution in [0.1, 0.15) is 13.8 Å². The number of ketones is 1. The first-order valence-electron chi connectivity index (χ1n) is 4.46. The molecule has 1 heterocycles. The lowest BCUT2D eigenvalue weighted by atomic mass is 10.1. The van der Waals surface area contributed by atoms with Crippen molar-refractivity contribution in [2.45, 2.75) is 25.2 Å². The van der Waals surface area contributed by atoms with Gasteiger partial charge in [0.1, 0.15) is 0 Å². The minimum absolute atomic E-state index is 0.179. The van der Waals surface area contributed by atoms with E-state index in [1.54, 1.807) is 13.8 Å². The van der Waals surface area contributed by atoms with E-state index in [4.69, 9.17) is 9.47 Å². The van der Waals surface area contributed by atoms with Crippen LogP contribution in [0.4, 0.5) is 0 Å². The maximum atomic E-state index is 11.4.